The van der Waals surface area contributed by atoms with Gasteiger partial charge in [-0.05, 0) is 46.8 Å². The lowest BCUT2D eigenvalue weighted by molar-refractivity contribution is -0.168. The van der Waals surface area contributed by atoms with Gasteiger partial charge >= 0.3 is 5.97 Å². The standard InChI is InChI=1S/C18H27NO6S/c1-11-7-9-15(10-8-11)26(21,22)19-12(2)16-17(13(3)23-14(4)20)25-18(5,6)24-16/h7-10,12-13,16-17,19H,1-6H3/t12-,13+,16-,17-/m0/s1. The Morgan fingerprint density at radius 1 is 1.15 bits per heavy atom. The van der Waals surface area contributed by atoms with E-state index in [4.69, 9.17) is 14.2 Å². The van der Waals surface area contributed by atoms with Crippen molar-refractivity contribution in [1.29, 1.82) is 0 Å². The van der Waals surface area contributed by atoms with E-state index in [1.807, 2.05) is 6.92 Å². The zero-order valence-corrected chi connectivity index (χ0v) is 16.8. The van der Waals surface area contributed by atoms with Gasteiger partial charge in [0.2, 0.25) is 10.0 Å². The monoisotopic (exact) mass is 385 g/mol. The van der Waals surface area contributed by atoms with E-state index in [9.17, 15) is 13.2 Å². The normalized spacial score (nSPS) is 24.8. The third-order valence-corrected chi connectivity index (χ3v) is 5.72. The molecular formula is C18H27NO6S. The molecule has 2 rings (SSSR count). The number of hydrogen-bond donors (Lipinski definition) is 1. The molecule has 1 aromatic rings. The van der Waals surface area contributed by atoms with Crippen LogP contribution in [0.25, 0.3) is 0 Å². The second-order valence-corrected chi connectivity index (χ2v) is 8.82. The third-order valence-electron chi connectivity index (χ3n) is 4.14. The van der Waals surface area contributed by atoms with Crippen molar-refractivity contribution in [3.8, 4) is 0 Å². The molecule has 1 heterocycles. The van der Waals surface area contributed by atoms with Crippen molar-refractivity contribution in [3.63, 3.8) is 0 Å². The first-order valence-corrected chi connectivity index (χ1v) is 10.0. The predicted molar refractivity (Wildman–Crippen MR) is 96.0 cm³/mol. The summed E-state index contributed by atoms with van der Waals surface area (Å²) in [6.45, 7) is 10.1. The highest BCUT2D eigenvalue weighted by Gasteiger charge is 2.48. The van der Waals surface area contributed by atoms with Crippen LogP contribution in [0.15, 0.2) is 29.2 Å². The number of nitrogens with one attached hydrogen (secondary N) is 1. The average Bonchev–Trinajstić information content (AvgIpc) is 2.83. The van der Waals surface area contributed by atoms with E-state index in [1.54, 1.807) is 52.0 Å². The molecule has 1 aromatic carbocycles. The molecule has 0 aromatic heterocycles. The molecule has 0 amide bonds. The number of carbonyl (C=O) groups is 1. The molecule has 1 aliphatic rings. The number of aryl methyl sites for hydroxylation is 1. The van der Waals surface area contributed by atoms with Gasteiger partial charge in [0, 0.05) is 13.0 Å². The molecule has 4 atom stereocenters. The first-order chi connectivity index (χ1) is 11.9. The number of benzene rings is 1. The maximum Gasteiger partial charge on any atom is 0.302 e. The van der Waals surface area contributed by atoms with E-state index in [1.165, 1.54) is 6.92 Å². The van der Waals surface area contributed by atoms with Gasteiger partial charge in [0.25, 0.3) is 0 Å². The number of esters is 1. The second-order valence-electron chi connectivity index (χ2n) is 7.10. The molecule has 0 saturated carbocycles. The van der Waals surface area contributed by atoms with Gasteiger partial charge in [0.05, 0.1) is 4.90 Å². The van der Waals surface area contributed by atoms with E-state index in [0.29, 0.717) is 0 Å². The van der Waals surface area contributed by atoms with Crippen LogP contribution in [0, 0.1) is 6.92 Å². The fourth-order valence-corrected chi connectivity index (χ4v) is 4.25. The van der Waals surface area contributed by atoms with Crippen LogP contribution >= 0.6 is 0 Å². The summed E-state index contributed by atoms with van der Waals surface area (Å²) < 4.78 is 44.9. The van der Waals surface area contributed by atoms with E-state index in [0.717, 1.165) is 5.56 Å². The van der Waals surface area contributed by atoms with Crippen molar-refractivity contribution in [2.75, 3.05) is 0 Å². The van der Waals surface area contributed by atoms with E-state index in [-0.39, 0.29) is 4.90 Å². The molecule has 0 aliphatic carbocycles. The summed E-state index contributed by atoms with van der Waals surface area (Å²) in [4.78, 5) is 11.4. The lowest BCUT2D eigenvalue weighted by atomic mass is 10.0. The van der Waals surface area contributed by atoms with Gasteiger partial charge < -0.3 is 14.2 Å². The maximum atomic E-state index is 12.6. The fraction of sp³-hybridized carbons (Fsp3) is 0.611. The van der Waals surface area contributed by atoms with Crippen LogP contribution in [0.3, 0.4) is 0 Å². The van der Waals surface area contributed by atoms with Gasteiger partial charge in [-0.3, -0.25) is 4.79 Å². The quantitative estimate of drug-likeness (QED) is 0.755. The summed E-state index contributed by atoms with van der Waals surface area (Å²) in [7, 11) is -3.72. The van der Waals surface area contributed by atoms with Crippen molar-refractivity contribution in [2.24, 2.45) is 0 Å². The molecule has 1 fully saturated rings. The molecule has 0 bridgehead atoms. The zero-order valence-electron chi connectivity index (χ0n) is 16.0. The topological polar surface area (TPSA) is 90.9 Å². The first-order valence-electron chi connectivity index (χ1n) is 8.53. The van der Waals surface area contributed by atoms with Crippen molar-refractivity contribution in [2.45, 2.75) is 76.6 Å². The molecule has 8 heteroatoms. The van der Waals surface area contributed by atoms with Crippen LogP contribution in [-0.2, 0) is 29.0 Å². The Labute approximate surface area is 155 Å². The number of ether oxygens (including phenoxy) is 3. The average molecular weight is 385 g/mol. The highest BCUT2D eigenvalue weighted by molar-refractivity contribution is 7.89. The van der Waals surface area contributed by atoms with Gasteiger partial charge in [-0.1, -0.05) is 17.7 Å². The number of rotatable bonds is 6. The van der Waals surface area contributed by atoms with Gasteiger partial charge in [-0.15, -0.1) is 0 Å². The predicted octanol–water partition coefficient (Wildman–Crippen LogP) is 2.13. The molecule has 0 unspecified atom stereocenters. The number of sulfonamides is 1. The molecule has 0 spiro atoms. The molecule has 1 aliphatic heterocycles. The Balaban J connectivity index is 2.18. The van der Waals surface area contributed by atoms with Crippen LogP contribution in [0.5, 0.6) is 0 Å². The summed E-state index contributed by atoms with van der Waals surface area (Å²) in [6.07, 6.45) is -1.78. The summed E-state index contributed by atoms with van der Waals surface area (Å²) >= 11 is 0. The highest BCUT2D eigenvalue weighted by Crippen LogP contribution is 2.33. The zero-order chi connectivity index (χ0) is 19.7. The Morgan fingerprint density at radius 3 is 2.23 bits per heavy atom. The SMILES string of the molecule is CC(=O)O[C@H](C)[C@@H]1OC(C)(C)O[C@H]1[C@H](C)NS(=O)(=O)c1ccc(C)cc1. The Kier molecular flexibility index (Phi) is 6.12. The Bertz CT molecular complexity index is 743. The molecule has 26 heavy (non-hydrogen) atoms. The van der Waals surface area contributed by atoms with Gasteiger partial charge in [-0.25, -0.2) is 13.1 Å². The van der Waals surface area contributed by atoms with Gasteiger partial charge in [0.1, 0.15) is 18.3 Å². The van der Waals surface area contributed by atoms with Crippen LogP contribution in [0.4, 0.5) is 0 Å². The number of hydrogen-bond acceptors (Lipinski definition) is 6. The molecule has 1 N–H and O–H groups in total. The largest absolute Gasteiger partial charge is 0.460 e. The van der Waals surface area contributed by atoms with Gasteiger partial charge in [-0.2, -0.15) is 0 Å². The van der Waals surface area contributed by atoms with E-state index in [2.05, 4.69) is 4.72 Å². The van der Waals surface area contributed by atoms with Crippen molar-refractivity contribution in [3.05, 3.63) is 29.8 Å². The van der Waals surface area contributed by atoms with Crippen molar-refractivity contribution < 1.29 is 27.4 Å². The summed E-state index contributed by atoms with van der Waals surface area (Å²) in [6, 6.07) is 6.00. The smallest absolute Gasteiger partial charge is 0.302 e. The Hall–Kier alpha value is -1.48. The van der Waals surface area contributed by atoms with Crippen LogP contribution in [-0.4, -0.2) is 44.5 Å². The Morgan fingerprint density at radius 2 is 1.69 bits per heavy atom. The van der Waals surface area contributed by atoms with Crippen LogP contribution < -0.4 is 4.72 Å². The second kappa shape index (κ2) is 7.64. The van der Waals surface area contributed by atoms with E-state index < -0.39 is 46.1 Å². The highest BCUT2D eigenvalue weighted by atomic mass is 32.2. The maximum absolute atomic E-state index is 12.6. The van der Waals surface area contributed by atoms with Crippen LogP contribution in [0.1, 0.15) is 40.2 Å². The van der Waals surface area contributed by atoms with Gasteiger partial charge in [0.15, 0.2) is 5.79 Å². The van der Waals surface area contributed by atoms with Crippen molar-refractivity contribution in [1.82, 2.24) is 4.72 Å². The molecule has 7 nitrogen and oxygen atoms in total. The van der Waals surface area contributed by atoms with Crippen LogP contribution in [0.2, 0.25) is 0 Å². The minimum atomic E-state index is -3.72. The van der Waals surface area contributed by atoms with Crippen molar-refractivity contribution >= 4 is 16.0 Å². The minimum Gasteiger partial charge on any atom is -0.460 e. The summed E-state index contributed by atoms with van der Waals surface area (Å²) in [5.74, 6) is -1.34. The molecule has 1 saturated heterocycles. The lowest BCUT2D eigenvalue weighted by Crippen LogP contribution is -2.49. The molecule has 0 radical (unpaired) electrons. The molecule has 146 valence electrons. The first kappa shape index (κ1) is 20.8. The number of carbonyl (C=O) groups excluding carboxylic acids is 1. The summed E-state index contributed by atoms with van der Waals surface area (Å²) in [5, 5.41) is 0. The summed E-state index contributed by atoms with van der Waals surface area (Å²) in [5.41, 5.74) is 0.974. The minimum absolute atomic E-state index is 0.178. The third kappa shape index (κ3) is 5.03. The van der Waals surface area contributed by atoms with E-state index >= 15 is 0 Å². The lowest BCUT2D eigenvalue weighted by Gasteiger charge is -2.27. The molecular weight excluding hydrogens is 358 g/mol. The fourth-order valence-electron chi connectivity index (χ4n) is 2.99.